The van der Waals surface area contributed by atoms with Gasteiger partial charge in [-0.25, -0.2) is 4.79 Å². The van der Waals surface area contributed by atoms with E-state index in [4.69, 9.17) is 23.7 Å². The first-order valence-corrected chi connectivity index (χ1v) is 13.3. The van der Waals surface area contributed by atoms with Crippen LogP contribution in [-0.2, 0) is 14.3 Å². The van der Waals surface area contributed by atoms with Crippen LogP contribution in [0, 0.1) is 0 Å². The summed E-state index contributed by atoms with van der Waals surface area (Å²) in [6.45, 7) is 6.45. The van der Waals surface area contributed by atoms with Crippen molar-refractivity contribution >= 4 is 11.8 Å². The van der Waals surface area contributed by atoms with E-state index < -0.39 is 11.9 Å². The Bertz CT molecular complexity index is 1310. The van der Waals surface area contributed by atoms with Crippen LogP contribution < -0.4 is 24.3 Å². The zero-order chi connectivity index (χ0) is 28.1. The molecule has 208 valence electrons. The van der Waals surface area contributed by atoms with Crippen LogP contribution in [0.15, 0.2) is 58.9 Å². The Labute approximate surface area is 229 Å². The van der Waals surface area contributed by atoms with Crippen LogP contribution in [0.4, 0.5) is 0 Å². The van der Waals surface area contributed by atoms with E-state index in [-0.39, 0.29) is 18.3 Å². The topological polar surface area (TPSA) is 92.3 Å². The van der Waals surface area contributed by atoms with E-state index in [0.29, 0.717) is 59.3 Å². The highest BCUT2D eigenvalue weighted by atomic mass is 16.5. The first kappa shape index (κ1) is 28.1. The van der Waals surface area contributed by atoms with Gasteiger partial charge >= 0.3 is 5.97 Å². The van der Waals surface area contributed by atoms with Crippen LogP contribution >= 0.6 is 0 Å². The molecule has 1 aliphatic carbocycles. The molecule has 0 amide bonds. The first-order valence-electron chi connectivity index (χ1n) is 13.3. The first-order chi connectivity index (χ1) is 18.9. The summed E-state index contributed by atoms with van der Waals surface area (Å²) < 4.78 is 27.8. The standard InChI is InChI=1S/C31H37NO7/c1-7-13-39-25-12-10-20(17-27(25)37-6)29-28(31(34)38-8-2)18(3)32-22-14-21(15-23(33)30(22)29)19-9-11-24(35-4)26(16-19)36-5/h9-12,16-17,21,29,32H,7-8,13-15H2,1-6H3/t21-,29+/m0/s1. The average molecular weight is 536 g/mol. The van der Waals surface area contributed by atoms with Gasteiger partial charge in [0.2, 0.25) is 0 Å². The van der Waals surface area contributed by atoms with E-state index in [9.17, 15) is 9.59 Å². The smallest absolute Gasteiger partial charge is 0.336 e. The number of hydrogen-bond donors (Lipinski definition) is 1. The Morgan fingerprint density at radius 3 is 2.21 bits per heavy atom. The molecule has 0 radical (unpaired) electrons. The zero-order valence-electron chi connectivity index (χ0n) is 23.5. The maximum Gasteiger partial charge on any atom is 0.336 e. The Kier molecular flexibility index (Phi) is 8.84. The van der Waals surface area contributed by atoms with Crippen molar-refractivity contribution < 1.29 is 33.3 Å². The predicted molar refractivity (Wildman–Crippen MR) is 148 cm³/mol. The zero-order valence-corrected chi connectivity index (χ0v) is 23.5. The molecule has 2 atom stereocenters. The molecule has 0 aromatic heterocycles. The molecule has 8 nitrogen and oxygen atoms in total. The summed E-state index contributed by atoms with van der Waals surface area (Å²) in [5, 5.41) is 3.38. The highest BCUT2D eigenvalue weighted by Gasteiger charge is 2.41. The fourth-order valence-corrected chi connectivity index (χ4v) is 5.39. The van der Waals surface area contributed by atoms with Crippen LogP contribution in [0.25, 0.3) is 0 Å². The second-order valence-electron chi connectivity index (χ2n) is 9.61. The summed E-state index contributed by atoms with van der Waals surface area (Å²) in [6, 6.07) is 11.3. The van der Waals surface area contributed by atoms with Gasteiger partial charge in [0.25, 0.3) is 0 Å². The highest BCUT2D eigenvalue weighted by Crippen LogP contribution is 2.47. The van der Waals surface area contributed by atoms with Gasteiger partial charge in [-0.2, -0.15) is 0 Å². The summed E-state index contributed by atoms with van der Waals surface area (Å²) in [6.07, 6.45) is 1.77. The minimum atomic E-state index is -0.590. The highest BCUT2D eigenvalue weighted by molar-refractivity contribution is 6.04. The minimum Gasteiger partial charge on any atom is -0.493 e. The summed E-state index contributed by atoms with van der Waals surface area (Å²) in [5.74, 6) is 1.32. The number of esters is 1. The van der Waals surface area contributed by atoms with Crippen LogP contribution in [0.3, 0.4) is 0 Å². The molecule has 4 rings (SSSR count). The van der Waals surface area contributed by atoms with Crippen LogP contribution in [-0.4, -0.2) is 46.3 Å². The Morgan fingerprint density at radius 1 is 0.897 bits per heavy atom. The molecule has 39 heavy (non-hydrogen) atoms. The lowest BCUT2D eigenvalue weighted by molar-refractivity contribution is -0.138. The minimum absolute atomic E-state index is 0.0203. The summed E-state index contributed by atoms with van der Waals surface area (Å²) in [4.78, 5) is 27.1. The molecule has 0 saturated carbocycles. The summed E-state index contributed by atoms with van der Waals surface area (Å²) >= 11 is 0. The van der Waals surface area contributed by atoms with Gasteiger partial charge in [-0.05, 0) is 68.0 Å². The van der Waals surface area contributed by atoms with Crippen molar-refractivity contribution in [3.63, 3.8) is 0 Å². The maximum atomic E-state index is 13.9. The lowest BCUT2D eigenvalue weighted by Gasteiger charge is -2.37. The third-order valence-electron chi connectivity index (χ3n) is 7.18. The van der Waals surface area contributed by atoms with Crippen molar-refractivity contribution in [2.75, 3.05) is 34.5 Å². The third-order valence-corrected chi connectivity index (χ3v) is 7.18. The molecule has 1 N–H and O–H groups in total. The number of allylic oxidation sites excluding steroid dienone is 3. The van der Waals surface area contributed by atoms with Crippen LogP contribution in [0.2, 0.25) is 0 Å². The van der Waals surface area contributed by atoms with Crippen LogP contribution in [0.5, 0.6) is 23.0 Å². The van der Waals surface area contributed by atoms with Gasteiger partial charge in [-0.15, -0.1) is 0 Å². The molecular formula is C31H37NO7. The van der Waals surface area contributed by atoms with Crippen molar-refractivity contribution in [1.29, 1.82) is 0 Å². The molecular weight excluding hydrogens is 498 g/mol. The number of ketones is 1. The molecule has 0 fully saturated rings. The molecule has 1 heterocycles. The van der Waals surface area contributed by atoms with Gasteiger partial charge in [0, 0.05) is 29.3 Å². The number of carbonyl (C=O) groups is 2. The average Bonchev–Trinajstić information content (AvgIpc) is 2.94. The Balaban J connectivity index is 1.79. The lowest BCUT2D eigenvalue weighted by Crippen LogP contribution is -2.36. The van der Waals surface area contributed by atoms with Crippen LogP contribution in [0.1, 0.15) is 63.0 Å². The fraction of sp³-hybridized carbons (Fsp3) is 0.419. The van der Waals surface area contributed by atoms with Crippen molar-refractivity contribution in [1.82, 2.24) is 5.32 Å². The molecule has 0 unspecified atom stereocenters. The number of dihydropyridines is 1. The number of methoxy groups -OCH3 is 3. The number of rotatable bonds is 10. The molecule has 0 spiro atoms. The number of Topliss-reactive ketones (excluding diaryl/α,β-unsaturated/α-hetero) is 1. The van der Waals surface area contributed by atoms with Gasteiger partial charge in [0.05, 0.1) is 40.1 Å². The van der Waals surface area contributed by atoms with E-state index in [1.165, 1.54) is 0 Å². The SMILES string of the molecule is CCCOc1ccc([C@@H]2C(C(=O)OCC)=C(C)NC3=C2C(=O)C[C@@H](c2ccc(OC)c(OC)c2)C3)cc1OC. The quantitative estimate of drug-likeness (QED) is 0.403. The Hall–Kier alpha value is -3.94. The number of carbonyl (C=O) groups excluding carboxylic acids is 2. The monoisotopic (exact) mass is 535 g/mol. The van der Waals surface area contributed by atoms with E-state index in [1.807, 2.05) is 50.2 Å². The molecule has 0 bridgehead atoms. The van der Waals surface area contributed by atoms with Crippen molar-refractivity contribution in [3.05, 3.63) is 70.1 Å². The second kappa shape index (κ2) is 12.3. The van der Waals surface area contributed by atoms with Gasteiger partial charge in [-0.3, -0.25) is 4.79 Å². The van der Waals surface area contributed by atoms with Gasteiger partial charge in [0.15, 0.2) is 28.8 Å². The molecule has 2 aliphatic rings. The molecule has 1 aliphatic heterocycles. The predicted octanol–water partition coefficient (Wildman–Crippen LogP) is 5.43. The largest absolute Gasteiger partial charge is 0.493 e. The maximum absolute atomic E-state index is 13.9. The number of ether oxygens (including phenoxy) is 5. The Morgan fingerprint density at radius 2 is 1.54 bits per heavy atom. The van der Waals surface area contributed by atoms with E-state index in [2.05, 4.69) is 5.32 Å². The van der Waals surface area contributed by atoms with Gasteiger partial charge in [-0.1, -0.05) is 19.1 Å². The summed E-state index contributed by atoms with van der Waals surface area (Å²) in [7, 11) is 4.77. The molecule has 0 saturated heterocycles. The van der Waals surface area contributed by atoms with E-state index >= 15 is 0 Å². The fourth-order valence-electron chi connectivity index (χ4n) is 5.39. The normalized spacial score (nSPS) is 18.8. The number of benzene rings is 2. The number of hydrogen-bond acceptors (Lipinski definition) is 8. The van der Waals surface area contributed by atoms with E-state index in [0.717, 1.165) is 23.2 Å². The van der Waals surface area contributed by atoms with Gasteiger partial charge < -0.3 is 29.0 Å². The number of nitrogens with one attached hydrogen (secondary N) is 1. The molecule has 2 aromatic carbocycles. The van der Waals surface area contributed by atoms with Crippen molar-refractivity contribution in [3.8, 4) is 23.0 Å². The molecule has 8 heteroatoms. The summed E-state index contributed by atoms with van der Waals surface area (Å²) in [5.41, 5.74) is 4.25. The lowest BCUT2D eigenvalue weighted by atomic mass is 9.71. The van der Waals surface area contributed by atoms with Crippen molar-refractivity contribution in [2.24, 2.45) is 0 Å². The third kappa shape index (κ3) is 5.60. The van der Waals surface area contributed by atoms with E-state index in [1.54, 1.807) is 28.3 Å². The molecule has 2 aromatic rings. The second-order valence-corrected chi connectivity index (χ2v) is 9.61. The van der Waals surface area contributed by atoms with Gasteiger partial charge in [0.1, 0.15) is 0 Å². The van der Waals surface area contributed by atoms with Crippen molar-refractivity contribution in [2.45, 2.75) is 51.9 Å².